The summed E-state index contributed by atoms with van der Waals surface area (Å²) in [6, 6.07) is 2.15. The first kappa shape index (κ1) is 8.19. The number of hydrogen-bond donors (Lipinski definition) is 0. The lowest BCUT2D eigenvalue weighted by molar-refractivity contribution is 1.38. The van der Waals surface area contributed by atoms with Crippen LogP contribution in [-0.4, -0.2) is 12.2 Å². The van der Waals surface area contributed by atoms with Gasteiger partial charge < -0.3 is 0 Å². The normalized spacial score (nSPS) is 11.9. The van der Waals surface area contributed by atoms with Crippen LogP contribution in [0.3, 0.4) is 0 Å². The lowest BCUT2D eigenvalue weighted by Gasteiger charge is -1.80. The number of hydrogen-bond acceptors (Lipinski definition) is 2. The first-order valence-electron chi connectivity index (χ1n) is 2.47. The molecule has 0 spiro atoms. The standard InChI is InChI=1S/C6H7ClN2/c1-2-6(3-8)4-9-5-7/h2,4H,5H2,1H3/b6-2-,9-4?. The highest BCUT2D eigenvalue weighted by molar-refractivity contribution is 6.18. The number of allylic oxidation sites excluding steroid dienone is 2. The van der Waals surface area contributed by atoms with Crippen molar-refractivity contribution in [2.24, 2.45) is 4.99 Å². The van der Waals surface area contributed by atoms with E-state index in [1.807, 2.05) is 6.07 Å². The van der Waals surface area contributed by atoms with E-state index in [1.54, 1.807) is 13.0 Å². The third kappa shape index (κ3) is 3.75. The van der Waals surface area contributed by atoms with Gasteiger partial charge in [0.05, 0.1) is 5.57 Å². The minimum atomic E-state index is 0.207. The number of nitriles is 1. The smallest absolute Gasteiger partial charge is 0.113 e. The Morgan fingerprint density at radius 2 is 2.56 bits per heavy atom. The van der Waals surface area contributed by atoms with E-state index in [2.05, 4.69) is 4.99 Å². The molecule has 0 N–H and O–H groups in total. The molecule has 9 heavy (non-hydrogen) atoms. The van der Waals surface area contributed by atoms with E-state index in [1.165, 1.54) is 6.21 Å². The van der Waals surface area contributed by atoms with Crippen molar-refractivity contribution in [2.75, 3.05) is 6.00 Å². The van der Waals surface area contributed by atoms with Crippen LogP contribution in [0.15, 0.2) is 16.6 Å². The molecule has 3 heteroatoms. The molecule has 0 aromatic carbocycles. The van der Waals surface area contributed by atoms with Crippen molar-refractivity contribution in [3.63, 3.8) is 0 Å². The highest BCUT2D eigenvalue weighted by atomic mass is 35.5. The Morgan fingerprint density at radius 3 is 2.89 bits per heavy atom. The molecule has 0 amide bonds. The number of aliphatic imine (C=N–C) groups is 1. The first-order chi connectivity index (χ1) is 4.35. The fourth-order valence-corrected chi connectivity index (χ4v) is 0.370. The Morgan fingerprint density at radius 1 is 1.89 bits per heavy atom. The second kappa shape index (κ2) is 5.33. The Hall–Kier alpha value is -0.810. The Balaban J connectivity index is 3.90. The summed E-state index contributed by atoms with van der Waals surface area (Å²) in [7, 11) is 0. The molecule has 0 atom stereocenters. The third-order valence-corrected chi connectivity index (χ3v) is 0.877. The molecule has 0 aliphatic rings. The van der Waals surface area contributed by atoms with Gasteiger partial charge in [0.15, 0.2) is 0 Å². The van der Waals surface area contributed by atoms with E-state index in [9.17, 15) is 0 Å². The quantitative estimate of drug-likeness (QED) is 0.250. The minimum Gasteiger partial charge on any atom is -0.276 e. The molecule has 0 aliphatic heterocycles. The third-order valence-electron chi connectivity index (χ3n) is 0.739. The van der Waals surface area contributed by atoms with Crippen LogP contribution < -0.4 is 0 Å². The van der Waals surface area contributed by atoms with E-state index in [0.29, 0.717) is 5.57 Å². The predicted molar refractivity (Wildman–Crippen MR) is 38.6 cm³/mol. The molecule has 0 saturated heterocycles. The van der Waals surface area contributed by atoms with Crippen molar-refractivity contribution in [2.45, 2.75) is 6.92 Å². The van der Waals surface area contributed by atoms with Gasteiger partial charge in [-0.05, 0) is 6.92 Å². The van der Waals surface area contributed by atoms with E-state index >= 15 is 0 Å². The van der Waals surface area contributed by atoms with Crippen LogP contribution >= 0.6 is 11.6 Å². The highest BCUT2D eigenvalue weighted by Crippen LogP contribution is 1.86. The van der Waals surface area contributed by atoms with Crippen LogP contribution in [0.4, 0.5) is 0 Å². The maximum Gasteiger partial charge on any atom is 0.113 e. The summed E-state index contributed by atoms with van der Waals surface area (Å²) in [5, 5.41) is 8.30. The van der Waals surface area contributed by atoms with Gasteiger partial charge in [0.2, 0.25) is 0 Å². The Labute approximate surface area is 59.5 Å². The van der Waals surface area contributed by atoms with Crippen LogP contribution in [-0.2, 0) is 0 Å². The van der Waals surface area contributed by atoms with E-state index < -0.39 is 0 Å². The molecular weight excluding hydrogens is 136 g/mol. The second-order valence-corrected chi connectivity index (χ2v) is 1.53. The fourth-order valence-electron chi connectivity index (χ4n) is 0.301. The van der Waals surface area contributed by atoms with Gasteiger partial charge in [-0.1, -0.05) is 6.08 Å². The molecule has 0 aromatic rings. The van der Waals surface area contributed by atoms with Crippen molar-refractivity contribution < 1.29 is 0 Å². The van der Waals surface area contributed by atoms with Crippen LogP contribution in [0.5, 0.6) is 0 Å². The zero-order valence-electron chi connectivity index (χ0n) is 5.13. The largest absolute Gasteiger partial charge is 0.276 e. The summed E-state index contributed by atoms with van der Waals surface area (Å²) in [6.07, 6.45) is 3.13. The summed E-state index contributed by atoms with van der Waals surface area (Å²) in [4.78, 5) is 3.66. The number of halogens is 1. The van der Waals surface area contributed by atoms with Crippen LogP contribution in [0, 0.1) is 11.3 Å². The van der Waals surface area contributed by atoms with Gasteiger partial charge in [-0.15, -0.1) is 11.6 Å². The van der Waals surface area contributed by atoms with Crippen molar-refractivity contribution >= 4 is 17.8 Å². The van der Waals surface area contributed by atoms with Crippen molar-refractivity contribution in [1.82, 2.24) is 0 Å². The zero-order valence-corrected chi connectivity index (χ0v) is 5.89. The average Bonchev–Trinajstić information content (AvgIpc) is 1.91. The summed E-state index contributed by atoms with van der Waals surface area (Å²) >= 11 is 5.22. The van der Waals surface area contributed by atoms with Gasteiger partial charge in [0.25, 0.3) is 0 Å². The monoisotopic (exact) mass is 142 g/mol. The summed E-state index contributed by atoms with van der Waals surface area (Å²) in [5.41, 5.74) is 0.538. The van der Waals surface area contributed by atoms with Crippen LogP contribution in [0.2, 0.25) is 0 Å². The minimum absolute atomic E-state index is 0.207. The average molecular weight is 143 g/mol. The topological polar surface area (TPSA) is 36.1 Å². The maximum absolute atomic E-state index is 8.30. The molecule has 0 heterocycles. The molecule has 2 nitrogen and oxygen atoms in total. The highest BCUT2D eigenvalue weighted by Gasteiger charge is 1.82. The summed E-state index contributed by atoms with van der Waals surface area (Å²) in [5.74, 6) is 0. The van der Waals surface area contributed by atoms with E-state index in [-0.39, 0.29) is 6.00 Å². The maximum atomic E-state index is 8.30. The Kier molecular flexibility index (Phi) is 4.85. The van der Waals surface area contributed by atoms with Gasteiger partial charge in [-0.3, -0.25) is 4.99 Å². The number of nitrogens with zero attached hydrogens (tertiary/aromatic N) is 2. The van der Waals surface area contributed by atoms with Gasteiger partial charge in [0, 0.05) is 6.21 Å². The molecule has 0 unspecified atom stereocenters. The molecular formula is C6H7ClN2. The van der Waals surface area contributed by atoms with E-state index in [0.717, 1.165) is 0 Å². The molecule has 0 aliphatic carbocycles. The van der Waals surface area contributed by atoms with Gasteiger partial charge in [-0.25, -0.2) is 0 Å². The lowest BCUT2D eigenvalue weighted by Crippen LogP contribution is -1.78. The molecule has 0 bridgehead atoms. The molecule has 0 fully saturated rings. The second-order valence-electron chi connectivity index (χ2n) is 1.29. The SMILES string of the molecule is C/C=C(/C#N)C=NCCl. The van der Waals surface area contributed by atoms with Crippen LogP contribution in [0.25, 0.3) is 0 Å². The lowest BCUT2D eigenvalue weighted by atomic mass is 10.3. The van der Waals surface area contributed by atoms with Gasteiger partial charge >= 0.3 is 0 Å². The molecule has 48 valence electrons. The molecule has 0 radical (unpaired) electrons. The number of rotatable bonds is 2. The number of alkyl halides is 1. The van der Waals surface area contributed by atoms with Crippen LogP contribution in [0.1, 0.15) is 6.92 Å². The predicted octanol–water partition coefficient (Wildman–Crippen LogP) is 1.72. The molecule has 0 rings (SSSR count). The summed E-state index contributed by atoms with van der Waals surface area (Å²) in [6.45, 7) is 1.78. The van der Waals surface area contributed by atoms with Gasteiger partial charge in [0.1, 0.15) is 12.1 Å². The molecule has 0 saturated carbocycles. The summed E-state index contributed by atoms with van der Waals surface area (Å²) < 4.78 is 0. The first-order valence-corrected chi connectivity index (χ1v) is 3.00. The van der Waals surface area contributed by atoms with Gasteiger partial charge in [-0.2, -0.15) is 5.26 Å². The Bertz CT molecular complexity index is 164. The van der Waals surface area contributed by atoms with E-state index in [4.69, 9.17) is 16.9 Å². The van der Waals surface area contributed by atoms with Crippen molar-refractivity contribution in [1.29, 1.82) is 5.26 Å². The fraction of sp³-hybridized carbons (Fsp3) is 0.333. The zero-order chi connectivity index (χ0) is 7.11. The van der Waals surface area contributed by atoms with Crippen molar-refractivity contribution in [3.8, 4) is 6.07 Å². The molecule has 0 aromatic heterocycles. The van der Waals surface area contributed by atoms with Crippen molar-refractivity contribution in [3.05, 3.63) is 11.6 Å².